The highest BCUT2D eigenvalue weighted by atomic mass is 16.4. The number of benzene rings is 1. The van der Waals surface area contributed by atoms with Gasteiger partial charge in [-0.05, 0) is 50.6 Å². The van der Waals surface area contributed by atoms with E-state index >= 15 is 0 Å². The smallest absolute Gasteiger partial charge is 0.303 e. The minimum atomic E-state index is -1.01. The summed E-state index contributed by atoms with van der Waals surface area (Å²) in [5.74, 6) is -2.67. The molecule has 0 aliphatic heterocycles. The number of anilines is 2. The maximum atomic E-state index is 12.7. The van der Waals surface area contributed by atoms with Crippen LogP contribution in [0.3, 0.4) is 0 Å². The van der Waals surface area contributed by atoms with Gasteiger partial charge in [0.2, 0.25) is 17.7 Å². The van der Waals surface area contributed by atoms with E-state index in [9.17, 15) is 19.2 Å². The third kappa shape index (κ3) is 8.08. The Hall–Kier alpha value is -3.14. The normalized spacial score (nSPS) is 13.8. The summed E-state index contributed by atoms with van der Waals surface area (Å²) < 4.78 is 0. The molecule has 0 radical (unpaired) electrons. The molecule has 0 bridgehead atoms. The first-order valence-corrected chi connectivity index (χ1v) is 9.71. The molecule has 0 aliphatic rings. The van der Waals surface area contributed by atoms with E-state index in [0.29, 0.717) is 11.4 Å². The summed E-state index contributed by atoms with van der Waals surface area (Å²) in [6, 6.07) is 4.10. The summed E-state index contributed by atoms with van der Waals surface area (Å²) in [6.07, 6.45) is -0.0929. The molecule has 3 atom stereocenters. The quantitative estimate of drug-likeness (QED) is 0.280. The van der Waals surface area contributed by atoms with E-state index in [0.717, 1.165) is 0 Å². The molecule has 0 fully saturated rings. The van der Waals surface area contributed by atoms with Crippen LogP contribution < -0.4 is 27.0 Å². The van der Waals surface area contributed by atoms with Crippen LogP contribution >= 0.6 is 0 Å². The summed E-state index contributed by atoms with van der Waals surface area (Å²) in [7, 11) is 1.54. The van der Waals surface area contributed by atoms with E-state index in [-0.39, 0.29) is 18.8 Å². The third-order valence-corrected chi connectivity index (χ3v) is 4.49. The second-order valence-electron chi connectivity index (χ2n) is 7.35. The Morgan fingerprint density at radius 2 is 1.57 bits per heavy atom. The molecule has 0 spiro atoms. The van der Waals surface area contributed by atoms with Crippen molar-refractivity contribution >= 4 is 35.1 Å². The average Bonchev–Trinajstić information content (AvgIpc) is 2.67. The summed E-state index contributed by atoms with van der Waals surface area (Å²) >= 11 is 0. The van der Waals surface area contributed by atoms with Crippen LogP contribution in [0.2, 0.25) is 0 Å². The highest BCUT2D eigenvalue weighted by Gasteiger charge is 2.29. The number of nitrogens with one attached hydrogen (secondary N) is 4. The molecule has 166 valence electrons. The number of carbonyl (C=O) groups excluding carboxylic acids is 3. The van der Waals surface area contributed by atoms with Gasteiger partial charge in [0, 0.05) is 17.8 Å². The van der Waals surface area contributed by atoms with Crippen LogP contribution in [0.1, 0.15) is 33.6 Å². The van der Waals surface area contributed by atoms with Crippen molar-refractivity contribution in [1.29, 1.82) is 0 Å². The first-order chi connectivity index (χ1) is 14.0. The molecule has 0 aliphatic carbocycles. The second-order valence-corrected chi connectivity index (χ2v) is 7.35. The number of hydrogen-bond acceptors (Lipinski definition) is 6. The van der Waals surface area contributed by atoms with E-state index in [1.54, 1.807) is 45.2 Å². The number of aliphatic carboxylic acids is 1. The molecule has 10 nitrogen and oxygen atoms in total. The summed E-state index contributed by atoms with van der Waals surface area (Å²) in [4.78, 5) is 48.2. The Morgan fingerprint density at radius 1 is 0.967 bits per heavy atom. The minimum absolute atomic E-state index is 0.0878. The molecule has 1 rings (SSSR count). The average molecular weight is 421 g/mol. The Morgan fingerprint density at radius 3 is 2.07 bits per heavy atom. The summed E-state index contributed by atoms with van der Waals surface area (Å²) in [5.41, 5.74) is 6.72. The minimum Gasteiger partial charge on any atom is -0.481 e. The van der Waals surface area contributed by atoms with Gasteiger partial charge in [0.1, 0.15) is 12.1 Å². The zero-order valence-corrected chi connectivity index (χ0v) is 17.7. The Bertz CT molecular complexity index is 750. The van der Waals surface area contributed by atoms with Crippen molar-refractivity contribution in [1.82, 2.24) is 16.0 Å². The van der Waals surface area contributed by atoms with Crippen LogP contribution in [-0.2, 0) is 19.2 Å². The molecular formula is C20H31N5O5. The lowest BCUT2D eigenvalue weighted by Gasteiger charge is -2.26. The Labute approximate surface area is 176 Å². The number of carboxylic acids is 1. The number of carbonyl (C=O) groups is 4. The molecule has 7 N–H and O–H groups in total. The van der Waals surface area contributed by atoms with Crippen LogP contribution in [0.5, 0.6) is 0 Å². The predicted octanol–water partition coefficient (Wildman–Crippen LogP) is 0.306. The van der Waals surface area contributed by atoms with Crippen molar-refractivity contribution in [2.45, 2.75) is 51.7 Å². The molecule has 0 unspecified atom stereocenters. The zero-order chi connectivity index (χ0) is 22.8. The van der Waals surface area contributed by atoms with Gasteiger partial charge in [-0.15, -0.1) is 0 Å². The highest BCUT2D eigenvalue weighted by molar-refractivity contribution is 5.98. The van der Waals surface area contributed by atoms with Gasteiger partial charge in [-0.2, -0.15) is 0 Å². The number of hydrogen-bond donors (Lipinski definition) is 6. The van der Waals surface area contributed by atoms with E-state index < -0.39 is 41.8 Å². The van der Waals surface area contributed by atoms with Crippen molar-refractivity contribution in [3.8, 4) is 0 Å². The lowest BCUT2D eigenvalue weighted by atomic mass is 10.0. The number of nitrogen functional groups attached to an aromatic ring is 1. The van der Waals surface area contributed by atoms with Gasteiger partial charge in [0.05, 0.1) is 6.04 Å². The fourth-order valence-electron chi connectivity index (χ4n) is 2.65. The number of amides is 3. The van der Waals surface area contributed by atoms with Crippen molar-refractivity contribution < 1.29 is 24.3 Å². The van der Waals surface area contributed by atoms with Crippen LogP contribution in [0.15, 0.2) is 24.3 Å². The lowest BCUT2D eigenvalue weighted by molar-refractivity contribution is -0.137. The van der Waals surface area contributed by atoms with Crippen molar-refractivity contribution in [3.05, 3.63) is 24.3 Å². The monoisotopic (exact) mass is 421 g/mol. The fourth-order valence-corrected chi connectivity index (χ4v) is 2.65. The highest BCUT2D eigenvalue weighted by Crippen LogP contribution is 2.11. The maximum absolute atomic E-state index is 12.7. The molecule has 3 amide bonds. The molecule has 1 aromatic carbocycles. The first-order valence-electron chi connectivity index (χ1n) is 9.71. The van der Waals surface area contributed by atoms with Gasteiger partial charge in [-0.3, -0.25) is 19.2 Å². The first kappa shape index (κ1) is 24.9. The van der Waals surface area contributed by atoms with Gasteiger partial charge in [0.25, 0.3) is 0 Å². The number of likely N-dealkylation sites (N-methyl/N-ethyl adjacent to an activating group) is 1. The van der Waals surface area contributed by atoms with Gasteiger partial charge < -0.3 is 32.1 Å². The molecule has 30 heavy (non-hydrogen) atoms. The Balaban J connectivity index is 2.71. The SMILES string of the molecule is CN[C@@H](CCC(=O)O)C(=O)N[C@H](C(=O)N[C@@H](C)C(=O)Nc1ccc(N)cc1)C(C)C. The summed E-state index contributed by atoms with van der Waals surface area (Å²) in [5, 5.41) is 19.5. The summed E-state index contributed by atoms with van der Waals surface area (Å²) in [6.45, 7) is 5.05. The van der Waals surface area contributed by atoms with Gasteiger partial charge in [-0.1, -0.05) is 13.8 Å². The van der Waals surface area contributed by atoms with E-state index in [1.807, 2.05) is 0 Å². The lowest BCUT2D eigenvalue weighted by Crippen LogP contribution is -2.56. The number of rotatable bonds is 11. The fraction of sp³-hybridized carbons (Fsp3) is 0.500. The van der Waals surface area contributed by atoms with Crippen LogP contribution in [-0.4, -0.2) is 54.0 Å². The predicted molar refractivity (Wildman–Crippen MR) is 114 cm³/mol. The molecule has 0 saturated carbocycles. The molecule has 0 aromatic heterocycles. The molecular weight excluding hydrogens is 390 g/mol. The number of nitrogens with two attached hydrogens (primary N) is 1. The van der Waals surface area contributed by atoms with E-state index in [2.05, 4.69) is 21.3 Å². The third-order valence-electron chi connectivity index (χ3n) is 4.49. The Kier molecular flexibility index (Phi) is 9.76. The largest absolute Gasteiger partial charge is 0.481 e. The van der Waals surface area contributed by atoms with E-state index in [1.165, 1.54) is 6.92 Å². The van der Waals surface area contributed by atoms with Crippen molar-refractivity contribution in [3.63, 3.8) is 0 Å². The molecule has 0 heterocycles. The van der Waals surface area contributed by atoms with Gasteiger partial charge in [0.15, 0.2) is 0 Å². The topological polar surface area (TPSA) is 163 Å². The van der Waals surface area contributed by atoms with Crippen LogP contribution in [0.4, 0.5) is 11.4 Å². The van der Waals surface area contributed by atoms with Crippen LogP contribution in [0, 0.1) is 5.92 Å². The molecule has 0 saturated heterocycles. The maximum Gasteiger partial charge on any atom is 0.303 e. The van der Waals surface area contributed by atoms with E-state index in [4.69, 9.17) is 10.8 Å². The molecule has 10 heteroatoms. The number of carboxylic acid groups (broad SMARTS) is 1. The van der Waals surface area contributed by atoms with Gasteiger partial charge >= 0.3 is 5.97 Å². The zero-order valence-electron chi connectivity index (χ0n) is 17.7. The van der Waals surface area contributed by atoms with Gasteiger partial charge in [-0.25, -0.2) is 0 Å². The van der Waals surface area contributed by atoms with Crippen LogP contribution in [0.25, 0.3) is 0 Å². The van der Waals surface area contributed by atoms with Crippen molar-refractivity contribution in [2.24, 2.45) is 5.92 Å². The second kappa shape index (κ2) is 11.8. The standard InChI is InChI=1S/C20H31N5O5/c1-11(2)17(25-19(29)15(22-4)9-10-16(26)27)20(30)23-12(3)18(28)24-14-7-5-13(21)6-8-14/h5-8,11-12,15,17,22H,9-10,21H2,1-4H3,(H,23,30)(H,24,28)(H,25,29)(H,26,27)/t12-,15-,17-/m0/s1. The molecule has 1 aromatic rings. The van der Waals surface area contributed by atoms with Crippen molar-refractivity contribution in [2.75, 3.05) is 18.1 Å².